The number of amides is 2. The number of aliphatic carboxylic acids is 1. The molecule has 2 atom stereocenters. The average Bonchev–Trinajstić information content (AvgIpc) is 2.67. The summed E-state index contributed by atoms with van der Waals surface area (Å²) < 4.78 is 0. The number of carbonyl (C=O) groups excluding carboxylic acids is 1. The van der Waals surface area contributed by atoms with Crippen LogP contribution in [-0.4, -0.2) is 63.8 Å². The largest absolute Gasteiger partial charge is 0.480 e. The number of aliphatic hydroxyl groups is 1. The fraction of sp³-hybridized carbons (Fsp3) is 0.636. The predicted octanol–water partition coefficient (Wildman–Crippen LogP) is 0.134. The third-order valence-electron chi connectivity index (χ3n) is 2.81. The van der Waals surface area contributed by atoms with E-state index in [0.717, 1.165) is 0 Å². The SMILES string of the molecule is C=CCN(CC)C(=O)N1CC(O)C[C@H]1C(=O)O. The van der Waals surface area contributed by atoms with Crippen LogP contribution in [0.15, 0.2) is 12.7 Å². The zero-order valence-electron chi connectivity index (χ0n) is 9.87. The smallest absolute Gasteiger partial charge is 0.326 e. The minimum absolute atomic E-state index is 0.0729. The van der Waals surface area contributed by atoms with Gasteiger partial charge in [0, 0.05) is 26.1 Å². The molecule has 2 amide bonds. The fourth-order valence-corrected chi connectivity index (χ4v) is 1.94. The monoisotopic (exact) mass is 242 g/mol. The number of β-amino-alcohol motifs (C(OH)–C–C–N with tert-alkyl or cyclic N) is 1. The molecule has 0 bridgehead atoms. The number of carboxylic acids is 1. The van der Waals surface area contributed by atoms with E-state index in [2.05, 4.69) is 6.58 Å². The van der Waals surface area contributed by atoms with Gasteiger partial charge in [0.05, 0.1) is 6.10 Å². The lowest BCUT2D eigenvalue weighted by molar-refractivity contribution is -0.141. The van der Waals surface area contributed by atoms with Crippen molar-refractivity contribution < 1.29 is 19.8 Å². The molecule has 0 radical (unpaired) electrons. The van der Waals surface area contributed by atoms with Gasteiger partial charge in [0.2, 0.25) is 0 Å². The zero-order valence-corrected chi connectivity index (χ0v) is 9.87. The molecule has 0 saturated carbocycles. The van der Waals surface area contributed by atoms with Gasteiger partial charge in [-0.1, -0.05) is 6.08 Å². The van der Waals surface area contributed by atoms with E-state index in [4.69, 9.17) is 5.11 Å². The van der Waals surface area contributed by atoms with Crippen LogP contribution in [0.4, 0.5) is 4.79 Å². The van der Waals surface area contributed by atoms with E-state index in [1.165, 1.54) is 9.80 Å². The Labute approximate surface area is 100 Å². The molecule has 1 fully saturated rings. The highest BCUT2D eigenvalue weighted by molar-refractivity contribution is 5.83. The molecule has 17 heavy (non-hydrogen) atoms. The summed E-state index contributed by atoms with van der Waals surface area (Å²) in [6.45, 7) is 6.28. The maximum atomic E-state index is 12.1. The van der Waals surface area contributed by atoms with E-state index >= 15 is 0 Å². The van der Waals surface area contributed by atoms with Crippen LogP contribution in [0.5, 0.6) is 0 Å². The fourth-order valence-electron chi connectivity index (χ4n) is 1.94. The average molecular weight is 242 g/mol. The number of aliphatic hydroxyl groups excluding tert-OH is 1. The Kier molecular flexibility index (Phi) is 4.51. The van der Waals surface area contributed by atoms with E-state index in [1.54, 1.807) is 6.08 Å². The van der Waals surface area contributed by atoms with Crippen molar-refractivity contribution in [2.24, 2.45) is 0 Å². The van der Waals surface area contributed by atoms with Crippen molar-refractivity contribution in [2.45, 2.75) is 25.5 Å². The minimum atomic E-state index is -1.08. The molecule has 1 saturated heterocycles. The molecule has 6 heteroatoms. The second-order valence-electron chi connectivity index (χ2n) is 4.01. The molecular formula is C11H18N2O4. The lowest BCUT2D eigenvalue weighted by Gasteiger charge is -2.28. The summed E-state index contributed by atoms with van der Waals surface area (Å²) in [6, 6.07) is -1.30. The van der Waals surface area contributed by atoms with Crippen molar-refractivity contribution in [2.75, 3.05) is 19.6 Å². The van der Waals surface area contributed by atoms with Crippen LogP contribution in [-0.2, 0) is 4.79 Å². The van der Waals surface area contributed by atoms with Crippen LogP contribution in [0.25, 0.3) is 0 Å². The number of likely N-dealkylation sites (tertiary alicyclic amines) is 1. The first-order chi connectivity index (χ1) is 8.01. The standard InChI is InChI=1S/C11H18N2O4/c1-3-5-12(4-2)11(17)13-7-8(14)6-9(13)10(15)16/h3,8-9,14H,1,4-7H2,2H3,(H,15,16)/t8?,9-/m0/s1. The van der Waals surface area contributed by atoms with Gasteiger partial charge in [-0.3, -0.25) is 0 Å². The first kappa shape index (κ1) is 13.5. The minimum Gasteiger partial charge on any atom is -0.480 e. The maximum Gasteiger partial charge on any atom is 0.326 e. The molecule has 2 N–H and O–H groups in total. The molecule has 1 aliphatic rings. The van der Waals surface area contributed by atoms with Crippen molar-refractivity contribution in [1.29, 1.82) is 0 Å². The van der Waals surface area contributed by atoms with Crippen LogP contribution in [0.1, 0.15) is 13.3 Å². The van der Waals surface area contributed by atoms with Crippen LogP contribution in [0, 0.1) is 0 Å². The molecule has 0 spiro atoms. The summed E-state index contributed by atoms with van der Waals surface area (Å²) in [4.78, 5) is 25.7. The van der Waals surface area contributed by atoms with E-state index in [1.807, 2.05) is 6.92 Å². The number of urea groups is 1. The number of nitrogens with zero attached hydrogens (tertiary/aromatic N) is 2. The zero-order chi connectivity index (χ0) is 13.0. The van der Waals surface area contributed by atoms with Crippen LogP contribution >= 0.6 is 0 Å². The molecule has 1 rings (SSSR count). The molecular weight excluding hydrogens is 224 g/mol. The van der Waals surface area contributed by atoms with E-state index in [-0.39, 0.29) is 19.0 Å². The number of rotatable bonds is 4. The Balaban J connectivity index is 2.78. The second kappa shape index (κ2) is 5.67. The van der Waals surface area contributed by atoms with Gasteiger partial charge in [0.15, 0.2) is 0 Å². The summed E-state index contributed by atoms with van der Waals surface area (Å²) in [5.74, 6) is -1.08. The van der Waals surface area contributed by atoms with Crippen molar-refractivity contribution in [3.63, 3.8) is 0 Å². The molecule has 0 aromatic rings. The van der Waals surface area contributed by atoms with Crippen LogP contribution < -0.4 is 0 Å². The topological polar surface area (TPSA) is 81.1 Å². The van der Waals surface area contributed by atoms with Crippen molar-refractivity contribution in [1.82, 2.24) is 9.80 Å². The molecule has 0 aromatic carbocycles. The Bertz CT molecular complexity index is 319. The highest BCUT2D eigenvalue weighted by atomic mass is 16.4. The van der Waals surface area contributed by atoms with Crippen molar-refractivity contribution >= 4 is 12.0 Å². The first-order valence-electron chi connectivity index (χ1n) is 5.58. The highest BCUT2D eigenvalue weighted by Gasteiger charge is 2.40. The van der Waals surface area contributed by atoms with Gasteiger partial charge in [-0.05, 0) is 6.92 Å². The van der Waals surface area contributed by atoms with E-state index < -0.39 is 18.1 Å². The van der Waals surface area contributed by atoms with Gasteiger partial charge < -0.3 is 20.0 Å². The van der Waals surface area contributed by atoms with Gasteiger partial charge in [-0.25, -0.2) is 9.59 Å². The van der Waals surface area contributed by atoms with E-state index in [0.29, 0.717) is 13.1 Å². The molecule has 1 aliphatic heterocycles. The predicted molar refractivity (Wildman–Crippen MR) is 61.6 cm³/mol. The highest BCUT2D eigenvalue weighted by Crippen LogP contribution is 2.19. The quantitative estimate of drug-likeness (QED) is 0.687. The summed E-state index contributed by atoms with van der Waals surface area (Å²) in [5.41, 5.74) is 0. The number of hydrogen-bond donors (Lipinski definition) is 2. The first-order valence-corrected chi connectivity index (χ1v) is 5.58. The summed E-state index contributed by atoms with van der Waals surface area (Å²) in [7, 11) is 0. The number of likely N-dealkylation sites (N-methyl/N-ethyl adjacent to an activating group) is 1. The van der Waals surface area contributed by atoms with Crippen molar-refractivity contribution in [3.8, 4) is 0 Å². The van der Waals surface area contributed by atoms with Gasteiger partial charge in [-0.15, -0.1) is 6.58 Å². The van der Waals surface area contributed by atoms with E-state index in [9.17, 15) is 14.7 Å². The van der Waals surface area contributed by atoms with Gasteiger partial charge in [0.1, 0.15) is 6.04 Å². The Morgan fingerprint density at radius 2 is 2.24 bits per heavy atom. The normalized spacial score (nSPS) is 23.5. The number of carboxylic acid groups (broad SMARTS) is 1. The number of carbonyl (C=O) groups is 2. The lowest BCUT2D eigenvalue weighted by Crippen LogP contribution is -2.48. The van der Waals surface area contributed by atoms with Crippen molar-refractivity contribution in [3.05, 3.63) is 12.7 Å². The molecule has 6 nitrogen and oxygen atoms in total. The molecule has 1 unspecified atom stereocenters. The second-order valence-corrected chi connectivity index (χ2v) is 4.01. The van der Waals surface area contributed by atoms with Crippen LogP contribution in [0.2, 0.25) is 0 Å². The van der Waals surface area contributed by atoms with Gasteiger partial charge >= 0.3 is 12.0 Å². The lowest BCUT2D eigenvalue weighted by atomic mass is 10.2. The number of hydrogen-bond acceptors (Lipinski definition) is 3. The third kappa shape index (κ3) is 2.97. The maximum absolute atomic E-state index is 12.1. The van der Waals surface area contributed by atoms with Gasteiger partial charge in [-0.2, -0.15) is 0 Å². The Morgan fingerprint density at radius 3 is 2.71 bits per heavy atom. The summed E-state index contributed by atoms with van der Waals surface area (Å²) >= 11 is 0. The molecule has 0 aliphatic carbocycles. The molecule has 96 valence electrons. The van der Waals surface area contributed by atoms with Gasteiger partial charge in [0.25, 0.3) is 0 Å². The third-order valence-corrected chi connectivity index (χ3v) is 2.81. The summed E-state index contributed by atoms with van der Waals surface area (Å²) in [6.07, 6.45) is 0.915. The summed E-state index contributed by atoms with van der Waals surface area (Å²) in [5, 5.41) is 18.4. The molecule has 1 heterocycles. The Morgan fingerprint density at radius 1 is 1.59 bits per heavy atom. The molecule has 0 aromatic heterocycles. The van der Waals surface area contributed by atoms with Crippen LogP contribution in [0.3, 0.4) is 0 Å². The Hall–Kier alpha value is -1.56.